The van der Waals surface area contributed by atoms with Crippen molar-refractivity contribution in [2.24, 2.45) is 0 Å². The zero-order valence-electron chi connectivity index (χ0n) is 5.99. The lowest BCUT2D eigenvalue weighted by molar-refractivity contribution is 0.211. The molecule has 0 bridgehead atoms. The normalized spacial score (nSPS) is 8.73. The Labute approximate surface area is 66.7 Å². The van der Waals surface area contributed by atoms with E-state index in [1.54, 1.807) is 0 Å². The maximum Gasteiger partial charge on any atom is 0.301 e. The maximum atomic E-state index is 11.0. The molecule has 0 aliphatic heterocycles. The lowest BCUT2D eigenvalue weighted by Crippen LogP contribution is -2.11. The summed E-state index contributed by atoms with van der Waals surface area (Å²) in [5.74, 6) is 0. The maximum absolute atomic E-state index is 11.0. The standard InChI is InChI=1S/C8H8O2Si/c1-2-10-8(9)11-6-4-3-5-7-11/h2-7H,1H2. The van der Waals surface area contributed by atoms with E-state index in [1.807, 2.05) is 29.6 Å². The Morgan fingerprint density at radius 1 is 1.36 bits per heavy atom. The smallest absolute Gasteiger partial charge is 0.301 e. The minimum atomic E-state index is -1.21. The van der Waals surface area contributed by atoms with E-state index in [1.165, 1.54) is 6.26 Å². The molecule has 1 rings (SSSR count). The van der Waals surface area contributed by atoms with Crippen molar-refractivity contribution in [1.29, 1.82) is 0 Å². The van der Waals surface area contributed by atoms with Crippen molar-refractivity contribution < 1.29 is 9.53 Å². The lowest BCUT2D eigenvalue weighted by Gasteiger charge is -1.95. The third-order valence-corrected chi connectivity index (χ3v) is 2.89. The van der Waals surface area contributed by atoms with E-state index < -0.39 is 8.40 Å². The molecule has 1 aromatic heterocycles. The number of ether oxygens (including phenoxy) is 1. The molecule has 0 aliphatic carbocycles. The molecule has 0 fully saturated rings. The van der Waals surface area contributed by atoms with Crippen molar-refractivity contribution in [2.45, 2.75) is 0 Å². The molecule has 0 aliphatic rings. The molecule has 0 N–H and O–H groups in total. The van der Waals surface area contributed by atoms with Crippen LogP contribution in [0.5, 0.6) is 0 Å². The summed E-state index contributed by atoms with van der Waals surface area (Å²) < 4.78 is 4.64. The minimum Gasteiger partial charge on any atom is -0.436 e. The van der Waals surface area contributed by atoms with Crippen molar-refractivity contribution in [1.82, 2.24) is 0 Å². The first-order chi connectivity index (χ1) is 5.34. The Kier molecular flexibility index (Phi) is 2.74. The Balaban J connectivity index is 2.77. The summed E-state index contributed by atoms with van der Waals surface area (Å²) in [6.07, 6.45) is 1.17. The molecule has 0 spiro atoms. The predicted octanol–water partition coefficient (Wildman–Crippen LogP) is 1.84. The second kappa shape index (κ2) is 3.83. The van der Waals surface area contributed by atoms with Gasteiger partial charge in [-0.2, -0.15) is 0 Å². The molecule has 3 heteroatoms. The summed E-state index contributed by atoms with van der Waals surface area (Å²) in [7, 11) is -1.21. The molecule has 0 saturated carbocycles. The van der Waals surface area contributed by atoms with E-state index in [0.717, 1.165) is 0 Å². The molecule has 56 valence electrons. The molecule has 0 unspecified atom stereocenters. The molecule has 0 saturated heterocycles. The topological polar surface area (TPSA) is 26.3 Å². The van der Waals surface area contributed by atoms with E-state index in [4.69, 9.17) is 0 Å². The highest BCUT2D eigenvalue weighted by Crippen LogP contribution is 1.89. The van der Waals surface area contributed by atoms with Crippen LogP contribution in [0.1, 0.15) is 0 Å². The van der Waals surface area contributed by atoms with Gasteiger partial charge >= 0.3 is 5.59 Å². The first kappa shape index (κ1) is 7.88. The van der Waals surface area contributed by atoms with Crippen molar-refractivity contribution in [3.8, 4) is 0 Å². The summed E-state index contributed by atoms with van der Waals surface area (Å²) in [6.45, 7) is 3.31. The molecule has 11 heavy (non-hydrogen) atoms. The molecule has 1 aromatic rings. The largest absolute Gasteiger partial charge is 0.436 e. The van der Waals surface area contributed by atoms with Crippen molar-refractivity contribution in [3.05, 3.63) is 42.4 Å². The van der Waals surface area contributed by atoms with Crippen LogP contribution in [-0.4, -0.2) is 14.0 Å². The second-order valence-electron chi connectivity index (χ2n) is 1.94. The van der Waals surface area contributed by atoms with Gasteiger partial charge in [-0.05, 0) is 0 Å². The summed E-state index contributed by atoms with van der Waals surface area (Å²) >= 11 is 0. The van der Waals surface area contributed by atoms with E-state index in [2.05, 4.69) is 11.3 Å². The number of hydrogen-bond acceptors (Lipinski definition) is 2. The third kappa shape index (κ3) is 2.12. The summed E-state index contributed by atoms with van der Waals surface area (Å²) in [5.41, 5.74) is 3.55. The van der Waals surface area contributed by atoms with Crippen LogP contribution in [0, 0.1) is 0 Å². The number of rotatable bonds is 2. The van der Waals surface area contributed by atoms with E-state index >= 15 is 0 Å². The quantitative estimate of drug-likeness (QED) is 0.492. The van der Waals surface area contributed by atoms with Gasteiger partial charge in [-0.25, -0.2) is 0 Å². The van der Waals surface area contributed by atoms with E-state index in [-0.39, 0.29) is 5.59 Å². The lowest BCUT2D eigenvalue weighted by atomic mass is 10.6. The van der Waals surface area contributed by atoms with Crippen LogP contribution >= 0.6 is 0 Å². The van der Waals surface area contributed by atoms with Crippen molar-refractivity contribution in [3.63, 3.8) is 0 Å². The molecule has 0 aromatic carbocycles. The average molecular weight is 164 g/mol. The molecule has 0 atom stereocenters. The van der Waals surface area contributed by atoms with Crippen molar-refractivity contribution in [2.75, 3.05) is 0 Å². The van der Waals surface area contributed by atoms with E-state index in [9.17, 15) is 4.79 Å². The van der Waals surface area contributed by atoms with Gasteiger partial charge < -0.3 is 4.74 Å². The fourth-order valence-corrected chi connectivity index (χ4v) is 1.96. The second-order valence-corrected chi connectivity index (χ2v) is 3.92. The highest BCUT2D eigenvalue weighted by atomic mass is 28.2. The number of carbonyl (C=O) groups excluding carboxylic acids is 1. The van der Waals surface area contributed by atoms with Crippen LogP contribution in [0.2, 0.25) is 0 Å². The zero-order valence-corrected chi connectivity index (χ0v) is 6.99. The zero-order chi connectivity index (χ0) is 8.10. The fourth-order valence-electron chi connectivity index (χ4n) is 0.718. The Bertz CT molecular complexity index is 256. The molecule has 2 nitrogen and oxygen atoms in total. The SMILES string of the molecule is C=COC(=O)[si]1ccccc1. The molecule has 0 amide bonds. The first-order valence-electron chi connectivity index (χ1n) is 3.21. The van der Waals surface area contributed by atoms with Gasteiger partial charge in [0, 0.05) is 0 Å². The third-order valence-electron chi connectivity index (χ3n) is 1.20. The van der Waals surface area contributed by atoms with Gasteiger partial charge in [0.1, 0.15) is 0 Å². The highest BCUT2D eigenvalue weighted by Gasteiger charge is 2.03. The molecular weight excluding hydrogens is 156 g/mol. The van der Waals surface area contributed by atoms with Crippen LogP contribution in [0.3, 0.4) is 0 Å². The molecular formula is C8H8O2Si. The minimum absolute atomic E-state index is 0.189. The Hall–Kier alpha value is -1.22. The number of hydrogen-bond donors (Lipinski definition) is 0. The summed E-state index contributed by atoms with van der Waals surface area (Å²) in [6, 6.07) is 5.60. The summed E-state index contributed by atoms with van der Waals surface area (Å²) in [5, 5.41) is 0. The fraction of sp³-hybridized carbons (Fsp3) is 0. The Morgan fingerprint density at radius 3 is 2.55 bits per heavy atom. The monoisotopic (exact) mass is 164 g/mol. The van der Waals surface area contributed by atoms with Gasteiger partial charge in [0.2, 0.25) is 0 Å². The van der Waals surface area contributed by atoms with Crippen LogP contribution < -0.4 is 0 Å². The van der Waals surface area contributed by atoms with Gasteiger partial charge in [-0.3, -0.25) is 4.79 Å². The highest BCUT2D eigenvalue weighted by molar-refractivity contribution is 6.81. The van der Waals surface area contributed by atoms with Gasteiger partial charge in [-0.15, -0.1) is 0 Å². The van der Waals surface area contributed by atoms with Gasteiger partial charge in [0.05, 0.1) is 6.26 Å². The van der Waals surface area contributed by atoms with Crippen molar-refractivity contribution >= 4 is 14.0 Å². The van der Waals surface area contributed by atoms with Crippen LogP contribution in [0.25, 0.3) is 0 Å². The van der Waals surface area contributed by atoms with E-state index in [0.29, 0.717) is 0 Å². The first-order valence-corrected chi connectivity index (χ1v) is 4.87. The number of carbonyl (C=O) groups is 1. The van der Waals surface area contributed by atoms with Crippen LogP contribution in [-0.2, 0) is 4.74 Å². The van der Waals surface area contributed by atoms with Gasteiger partial charge in [0.15, 0.2) is 8.40 Å². The average Bonchev–Trinajstić information content (AvgIpc) is 2.07. The van der Waals surface area contributed by atoms with Gasteiger partial charge in [-0.1, -0.05) is 36.1 Å². The predicted molar refractivity (Wildman–Crippen MR) is 44.5 cm³/mol. The van der Waals surface area contributed by atoms with Gasteiger partial charge in [0.25, 0.3) is 0 Å². The Morgan fingerprint density at radius 2 is 2.00 bits per heavy atom. The molecule has 1 heterocycles. The summed E-state index contributed by atoms with van der Waals surface area (Å²) in [4.78, 5) is 11.0. The van der Waals surface area contributed by atoms with Crippen LogP contribution in [0.15, 0.2) is 42.4 Å². The molecule has 0 radical (unpaired) electrons. The van der Waals surface area contributed by atoms with Crippen LogP contribution in [0.4, 0.5) is 4.79 Å².